The Morgan fingerprint density at radius 3 is 2.08 bits per heavy atom. The van der Waals surface area contributed by atoms with E-state index in [0.29, 0.717) is 40.4 Å². The van der Waals surface area contributed by atoms with E-state index in [1.807, 2.05) is 6.92 Å². The van der Waals surface area contributed by atoms with Crippen molar-refractivity contribution in [1.29, 1.82) is 0 Å². The number of benzene rings is 2. The molecule has 5 nitrogen and oxygen atoms in total. The van der Waals surface area contributed by atoms with Gasteiger partial charge in [-0.1, -0.05) is 12.2 Å². The predicted molar refractivity (Wildman–Crippen MR) is 94.1 cm³/mol. The summed E-state index contributed by atoms with van der Waals surface area (Å²) in [6.07, 6.45) is 1.34. The number of carbonyl (C=O) groups is 1. The summed E-state index contributed by atoms with van der Waals surface area (Å²) >= 11 is 0. The van der Waals surface area contributed by atoms with Crippen LogP contribution < -0.4 is 18.9 Å². The molecular weight excluding hydrogens is 308 g/mol. The van der Waals surface area contributed by atoms with E-state index in [4.69, 9.17) is 18.9 Å². The second-order valence-corrected chi connectivity index (χ2v) is 5.47. The van der Waals surface area contributed by atoms with Crippen molar-refractivity contribution in [3.8, 4) is 23.0 Å². The SMILES string of the molecule is C=C(C)Cc1c(C=O)cc2c(OC)cc(OC)c(OC)c2c1OC. The fraction of sp³-hybridized carbons (Fsp3) is 0.316. The topological polar surface area (TPSA) is 54.0 Å². The molecule has 24 heavy (non-hydrogen) atoms. The zero-order valence-electron chi connectivity index (χ0n) is 14.7. The molecule has 0 aliphatic carbocycles. The first-order valence-corrected chi connectivity index (χ1v) is 7.44. The molecule has 0 aliphatic rings. The highest BCUT2D eigenvalue weighted by Gasteiger charge is 2.23. The van der Waals surface area contributed by atoms with Crippen LogP contribution in [-0.4, -0.2) is 34.7 Å². The molecule has 0 saturated heterocycles. The Labute approximate surface area is 141 Å². The van der Waals surface area contributed by atoms with Crippen LogP contribution in [0, 0.1) is 0 Å². The number of hydrogen-bond donors (Lipinski definition) is 0. The van der Waals surface area contributed by atoms with Crippen LogP contribution in [0.5, 0.6) is 23.0 Å². The van der Waals surface area contributed by atoms with Crippen molar-refractivity contribution in [3.05, 3.63) is 35.4 Å². The van der Waals surface area contributed by atoms with E-state index in [9.17, 15) is 4.79 Å². The van der Waals surface area contributed by atoms with Crippen LogP contribution >= 0.6 is 0 Å². The first-order valence-electron chi connectivity index (χ1n) is 7.44. The average Bonchev–Trinajstić information content (AvgIpc) is 2.58. The van der Waals surface area contributed by atoms with Gasteiger partial charge in [-0.2, -0.15) is 0 Å². The van der Waals surface area contributed by atoms with Crippen molar-refractivity contribution in [3.63, 3.8) is 0 Å². The molecule has 0 N–H and O–H groups in total. The normalized spacial score (nSPS) is 10.4. The number of ether oxygens (including phenoxy) is 4. The molecule has 128 valence electrons. The molecule has 0 atom stereocenters. The smallest absolute Gasteiger partial charge is 0.172 e. The number of rotatable bonds is 7. The molecule has 0 amide bonds. The molecular formula is C19H22O5. The van der Waals surface area contributed by atoms with Crippen LogP contribution in [0.15, 0.2) is 24.3 Å². The number of methoxy groups -OCH3 is 4. The van der Waals surface area contributed by atoms with E-state index in [1.54, 1.807) is 40.6 Å². The van der Waals surface area contributed by atoms with Gasteiger partial charge in [0.25, 0.3) is 0 Å². The van der Waals surface area contributed by atoms with Gasteiger partial charge in [0.15, 0.2) is 17.8 Å². The lowest BCUT2D eigenvalue weighted by Crippen LogP contribution is -2.03. The molecule has 0 aromatic heterocycles. The van der Waals surface area contributed by atoms with Crippen molar-refractivity contribution in [2.75, 3.05) is 28.4 Å². The minimum atomic E-state index is 0.524. The molecule has 5 heteroatoms. The molecule has 2 rings (SSSR count). The zero-order chi connectivity index (χ0) is 17.9. The Kier molecular flexibility index (Phi) is 5.34. The van der Waals surface area contributed by atoms with E-state index in [1.165, 1.54) is 0 Å². The minimum Gasteiger partial charge on any atom is -0.496 e. The van der Waals surface area contributed by atoms with Gasteiger partial charge < -0.3 is 18.9 Å². The van der Waals surface area contributed by atoms with Crippen molar-refractivity contribution in [2.45, 2.75) is 13.3 Å². The lowest BCUT2D eigenvalue weighted by molar-refractivity contribution is 0.112. The van der Waals surface area contributed by atoms with Crippen LogP contribution in [-0.2, 0) is 6.42 Å². The maximum absolute atomic E-state index is 11.6. The van der Waals surface area contributed by atoms with Gasteiger partial charge in [0.05, 0.1) is 33.8 Å². The van der Waals surface area contributed by atoms with Crippen LogP contribution in [0.1, 0.15) is 22.8 Å². The van der Waals surface area contributed by atoms with Gasteiger partial charge in [-0.3, -0.25) is 4.79 Å². The number of carbonyl (C=O) groups excluding carboxylic acids is 1. The Hall–Kier alpha value is -2.69. The van der Waals surface area contributed by atoms with Crippen LogP contribution in [0.4, 0.5) is 0 Å². The third-order valence-electron chi connectivity index (χ3n) is 3.85. The Balaban J connectivity index is 3.04. The summed E-state index contributed by atoms with van der Waals surface area (Å²) in [6.45, 7) is 5.84. The van der Waals surface area contributed by atoms with Crippen molar-refractivity contribution in [2.24, 2.45) is 0 Å². The largest absolute Gasteiger partial charge is 0.496 e. The quantitative estimate of drug-likeness (QED) is 0.571. The summed E-state index contributed by atoms with van der Waals surface area (Å²) in [5, 5.41) is 1.43. The van der Waals surface area contributed by atoms with Crippen molar-refractivity contribution >= 4 is 17.1 Å². The zero-order valence-corrected chi connectivity index (χ0v) is 14.7. The second kappa shape index (κ2) is 7.25. The average molecular weight is 330 g/mol. The van der Waals surface area contributed by atoms with E-state index in [0.717, 1.165) is 22.8 Å². The molecule has 0 bridgehead atoms. The number of allylic oxidation sites excluding steroid dienone is 1. The molecule has 0 unspecified atom stereocenters. The fourth-order valence-corrected chi connectivity index (χ4v) is 2.86. The van der Waals surface area contributed by atoms with Gasteiger partial charge in [-0.05, 0) is 19.4 Å². The highest BCUT2D eigenvalue weighted by molar-refractivity contribution is 6.04. The second-order valence-electron chi connectivity index (χ2n) is 5.47. The molecule has 2 aromatic carbocycles. The minimum absolute atomic E-state index is 0.524. The molecule has 0 saturated carbocycles. The first-order chi connectivity index (χ1) is 11.5. The predicted octanol–water partition coefficient (Wildman–Crippen LogP) is 3.81. The van der Waals surface area contributed by atoms with Crippen LogP contribution in [0.25, 0.3) is 10.8 Å². The number of aldehydes is 1. The molecule has 0 aliphatic heterocycles. The third-order valence-corrected chi connectivity index (χ3v) is 3.85. The van der Waals surface area contributed by atoms with Crippen LogP contribution in [0.2, 0.25) is 0 Å². The molecule has 0 spiro atoms. The van der Waals surface area contributed by atoms with Gasteiger partial charge in [-0.15, -0.1) is 0 Å². The standard InChI is InChI=1S/C19H22O5/c1-11(2)7-13-12(10-20)8-14-15(21-3)9-16(22-4)19(24-6)17(14)18(13)23-5/h8-10H,1,7H2,2-6H3. The molecule has 0 fully saturated rings. The molecule has 0 heterocycles. The van der Waals surface area contributed by atoms with Crippen LogP contribution in [0.3, 0.4) is 0 Å². The summed E-state index contributed by atoms with van der Waals surface area (Å²) < 4.78 is 22.1. The fourth-order valence-electron chi connectivity index (χ4n) is 2.86. The summed E-state index contributed by atoms with van der Waals surface area (Å²) in [4.78, 5) is 11.6. The van der Waals surface area contributed by atoms with E-state index >= 15 is 0 Å². The maximum atomic E-state index is 11.6. The van der Waals surface area contributed by atoms with Gasteiger partial charge in [-0.25, -0.2) is 0 Å². The van der Waals surface area contributed by atoms with E-state index < -0.39 is 0 Å². The Bertz CT molecular complexity index is 792. The summed E-state index contributed by atoms with van der Waals surface area (Å²) in [5.74, 6) is 2.20. The Morgan fingerprint density at radius 1 is 1.00 bits per heavy atom. The highest BCUT2D eigenvalue weighted by Crippen LogP contribution is 2.47. The van der Waals surface area contributed by atoms with Crippen molar-refractivity contribution < 1.29 is 23.7 Å². The lowest BCUT2D eigenvalue weighted by atomic mass is 9.94. The van der Waals surface area contributed by atoms with Gasteiger partial charge >= 0.3 is 0 Å². The van der Waals surface area contributed by atoms with E-state index in [2.05, 4.69) is 6.58 Å². The lowest BCUT2D eigenvalue weighted by Gasteiger charge is -2.20. The maximum Gasteiger partial charge on any atom is 0.172 e. The monoisotopic (exact) mass is 330 g/mol. The number of fused-ring (bicyclic) bond motifs is 1. The third kappa shape index (κ3) is 2.89. The molecule has 0 radical (unpaired) electrons. The number of hydrogen-bond acceptors (Lipinski definition) is 5. The van der Waals surface area contributed by atoms with Gasteiger partial charge in [0, 0.05) is 22.6 Å². The first kappa shape index (κ1) is 17.7. The summed E-state index contributed by atoms with van der Waals surface area (Å²) in [6, 6.07) is 3.51. The molecule has 2 aromatic rings. The van der Waals surface area contributed by atoms with E-state index in [-0.39, 0.29) is 0 Å². The Morgan fingerprint density at radius 2 is 1.62 bits per heavy atom. The van der Waals surface area contributed by atoms with Gasteiger partial charge in [0.1, 0.15) is 11.5 Å². The highest BCUT2D eigenvalue weighted by atomic mass is 16.5. The van der Waals surface area contributed by atoms with Crippen molar-refractivity contribution in [1.82, 2.24) is 0 Å². The summed E-state index contributed by atoms with van der Waals surface area (Å²) in [7, 11) is 6.26. The summed E-state index contributed by atoms with van der Waals surface area (Å²) in [5.41, 5.74) is 2.22. The van der Waals surface area contributed by atoms with Gasteiger partial charge in [0.2, 0.25) is 0 Å².